The number of rotatable bonds is 8. The van der Waals surface area contributed by atoms with Crippen LogP contribution in [0.15, 0.2) is 35.9 Å². The van der Waals surface area contributed by atoms with Crippen molar-refractivity contribution in [3.8, 4) is 5.75 Å². The Balaban J connectivity index is 2.83. The van der Waals surface area contributed by atoms with Crippen LogP contribution in [-0.4, -0.2) is 47.8 Å². The van der Waals surface area contributed by atoms with Crippen molar-refractivity contribution in [3.63, 3.8) is 0 Å². The van der Waals surface area contributed by atoms with E-state index in [1.54, 1.807) is 24.3 Å². The predicted octanol–water partition coefficient (Wildman–Crippen LogP) is 0.558. The summed E-state index contributed by atoms with van der Waals surface area (Å²) in [6.45, 7) is 1.62. The number of nitrogens with one attached hydrogen (secondary N) is 1. The van der Waals surface area contributed by atoms with Crippen LogP contribution in [-0.2, 0) is 9.53 Å². The first-order chi connectivity index (χ1) is 10.5. The van der Waals surface area contributed by atoms with Gasteiger partial charge in [0.1, 0.15) is 24.6 Å². The molecule has 7 nitrogen and oxygen atoms in total. The van der Waals surface area contributed by atoms with Gasteiger partial charge >= 0.3 is 0 Å². The van der Waals surface area contributed by atoms with E-state index in [9.17, 15) is 9.90 Å². The topological polar surface area (TPSA) is 108 Å². The van der Waals surface area contributed by atoms with E-state index in [1.807, 2.05) is 0 Å². The molecule has 0 aliphatic carbocycles. The van der Waals surface area contributed by atoms with Crippen molar-refractivity contribution in [3.05, 3.63) is 41.5 Å². The summed E-state index contributed by atoms with van der Waals surface area (Å²) in [4.78, 5) is 11.3. The molecule has 0 unspecified atom stereocenters. The summed E-state index contributed by atoms with van der Waals surface area (Å²) < 4.78 is 10.4. The van der Waals surface area contributed by atoms with E-state index in [4.69, 9.17) is 19.8 Å². The van der Waals surface area contributed by atoms with E-state index in [0.717, 1.165) is 0 Å². The van der Waals surface area contributed by atoms with Gasteiger partial charge in [-0.2, -0.15) is 0 Å². The standard InChI is InChI=1S/C15H21NO6/c1-10(15(19)16-20)9-13(21-2)14(18)11-3-5-12(6-4-11)22-8-7-17/h3-6,9,13-14,17-18,20H,7-8H2,1-2H3,(H,16,19)/b10-9+/t13-,14-/m1/s1. The molecule has 0 aliphatic rings. The summed E-state index contributed by atoms with van der Waals surface area (Å²) in [5, 5.41) is 27.6. The first-order valence-corrected chi connectivity index (χ1v) is 6.70. The minimum atomic E-state index is -0.988. The van der Waals surface area contributed by atoms with Gasteiger partial charge in [0.2, 0.25) is 0 Å². The highest BCUT2D eigenvalue weighted by atomic mass is 16.5. The lowest BCUT2D eigenvalue weighted by Gasteiger charge is -2.20. The van der Waals surface area contributed by atoms with Gasteiger partial charge in [-0.3, -0.25) is 10.0 Å². The number of benzene rings is 1. The Morgan fingerprint density at radius 3 is 2.50 bits per heavy atom. The Kier molecular flexibility index (Phi) is 7.55. The van der Waals surface area contributed by atoms with Crippen molar-refractivity contribution in [1.29, 1.82) is 0 Å². The lowest BCUT2D eigenvalue weighted by atomic mass is 10.0. The normalized spacial score (nSPS) is 14.3. The van der Waals surface area contributed by atoms with Crippen LogP contribution in [0.1, 0.15) is 18.6 Å². The lowest BCUT2D eigenvalue weighted by molar-refractivity contribution is -0.125. The van der Waals surface area contributed by atoms with E-state index in [1.165, 1.54) is 25.6 Å². The van der Waals surface area contributed by atoms with E-state index < -0.39 is 18.1 Å². The maximum Gasteiger partial charge on any atom is 0.270 e. The number of carbonyl (C=O) groups excluding carboxylic acids is 1. The molecule has 122 valence electrons. The summed E-state index contributed by atoms with van der Waals surface area (Å²) in [6.07, 6.45) is -0.313. The molecule has 0 bridgehead atoms. The maximum atomic E-state index is 11.3. The molecule has 1 rings (SSSR count). The SMILES string of the molecule is CO[C@H](/C=C(\C)C(=O)NO)[C@H](O)c1ccc(OCCO)cc1. The molecule has 0 heterocycles. The molecule has 0 fully saturated rings. The zero-order valence-corrected chi connectivity index (χ0v) is 12.5. The fourth-order valence-corrected chi connectivity index (χ4v) is 1.81. The van der Waals surface area contributed by atoms with Crippen LogP contribution < -0.4 is 10.2 Å². The van der Waals surface area contributed by atoms with Crippen LogP contribution in [0, 0.1) is 0 Å². The monoisotopic (exact) mass is 311 g/mol. The molecule has 7 heteroatoms. The van der Waals surface area contributed by atoms with Gasteiger partial charge in [0.25, 0.3) is 5.91 Å². The fraction of sp³-hybridized carbons (Fsp3) is 0.400. The molecule has 22 heavy (non-hydrogen) atoms. The Morgan fingerprint density at radius 1 is 1.36 bits per heavy atom. The van der Waals surface area contributed by atoms with Gasteiger partial charge in [-0.05, 0) is 30.7 Å². The number of hydrogen-bond acceptors (Lipinski definition) is 6. The van der Waals surface area contributed by atoms with Crippen molar-refractivity contribution in [2.24, 2.45) is 0 Å². The third-order valence-corrected chi connectivity index (χ3v) is 3.04. The number of carbonyl (C=O) groups is 1. The minimum absolute atomic E-state index is 0.0763. The number of hydrogen-bond donors (Lipinski definition) is 4. The van der Waals surface area contributed by atoms with Crippen molar-refractivity contribution >= 4 is 5.91 Å². The summed E-state index contributed by atoms with van der Waals surface area (Å²) in [5.74, 6) is -0.0904. The molecule has 0 spiro atoms. The van der Waals surface area contributed by atoms with E-state index in [-0.39, 0.29) is 18.8 Å². The summed E-state index contributed by atoms with van der Waals surface area (Å²) in [7, 11) is 1.41. The minimum Gasteiger partial charge on any atom is -0.491 e. The van der Waals surface area contributed by atoms with Gasteiger partial charge < -0.3 is 19.7 Å². The van der Waals surface area contributed by atoms with Crippen LogP contribution in [0.3, 0.4) is 0 Å². The molecule has 0 aromatic heterocycles. The number of methoxy groups -OCH3 is 1. The molecular weight excluding hydrogens is 290 g/mol. The summed E-state index contributed by atoms with van der Waals surface area (Å²) >= 11 is 0. The molecule has 0 saturated carbocycles. The molecule has 1 amide bonds. The average molecular weight is 311 g/mol. The first-order valence-electron chi connectivity index (χ1n) is 6.70. The van der Waals surface area contributed by atoms with Crippen LogP contribution >= 0.6 is 0 Å². The van der Waals surface area contributed by atoms with Crippen molar-refractivity contribution in [2.45, 2.75) is 19.1 Å². The second-order valence-electron chi connectivity index (χ2n) is 4.58. The van der Waals surface area contributed by atoms with Gasteiger partial charge in [0.15, 0.2) is 0 Å². The van der Waals surface area contributed by atoms with Crippen LogP contribution in [0.2, 0.25) is 0 Å². The zero-order chi connectivity index (χ0) is 16.5. The Morgan fingerprint density at radius 2 is 2.00 bits per heavy atom. The molecule has 1 aromatic carbocycles. The Labute approximate surface area is 128 Å². The van der Waals surface area contributed by atoms with Gasteiger partial charge in [0.05, 0.1) is 6.61 Å². The Bertz CT molecular complexity index is 499. The summed E-state index contributed by atoms with van der Waals surface area (Å²) in [6, 6.07) is 6.66. The third kappa shape index (κ3) is 5.12. The van der Waals surface area contributed by atoms with Crippen LogP contribution in [0.5, 0.6) is 5.75 Å². The number of ether oxygens (including phenoxy) is 2. The van der Waals surface area contributed by atoms with E-state index >= 15 is 0 Å². The smallest absolute Gasteiger partial charge is 0.270 e. The highest BCUT2D eigenvalue weighted by molar-refractivity contribution is 5.91. The number of amides is 1. The largest absolute Gasteiger partial charge is 0.491 e. The molecule has 4 N–H and O–H groups in total. The highest BCUT2D eigenvalue weighted by Crippen LogP contribution is 2.23. The quantitative estimate of drug-likeness (QED) is 0.317. The van der Waals surface area contributed by atoms with Crippen LogP contribution in [0.25, 0.3) is 0 Å². The predicted molar refractivity (Wildman–Crippen MR) is 78.5 cm³/mol. The third-order valence-electron chi connectivity index (χ3n) is 3.04. The number of hydroxylamine groups is 1. The van der Waals surface area contributed by atoms with E-state index in [0.29, 0.717) is 11.3 Å². The molecule has 1 aromatic rings. The maximum absolute atomic E-state index is 11.3. The zero-order valence-electron chi connectivity index (χ0n) is 12.5. The van der Waals surface area contributed by atoms with Crippen molar-refractivity contribution < 1.29 is 29.7 Å². The van der Waals surface area contributed by atoms with Crippen LogP contribution in [0.4, 0.5) is 0 Å². The molecule has 0 aliphatic heterocycles. The van der Waals surface area contributed by atoms with Gasteiger partial charge in [0, 0.05) is 12.7 Å². The van der Waals surface area contributed by atoms with Gasteiger partial charge in [-0.15, -0.1) is 0 Å². The van der Waals surface area contributed by atoms with Gasteiger partial charge in [-0.25, -0.2) is 5.48 Å². The lowest BCUT2D eigenvalue weighted by Crippen LogP contribution is -2.24. The number of aliphatic hydroxyl groups excluding tert-OH is 2. The van der Waals surface area contributed by atoms with Gasteiger partial charge in [-0.1, -0.05) is 12.1 Å². The first kappa shape index (κ1) is 18.1. The Hall–Kier alpha value is -1.93. The highest BCUT2D eigenvalue weighted by Gasteiger charge is 2.20. The molecular formula is C15H21NO6. The van der Waals surface area contributed by atoms with E-state index in [2.05, 4.69) is 0 Å². The number of aliphatic hydroxyl groups is 2. The molecule has 0 saturated heterocycles. The van der Waals surface area contributed by atoms with Crippen molar-refractivity contribution in [1.82, 2.24) is 5.48 Å². The fourth-order valence-electron chi connectivity index (χ4n) is 1.81. The molecule has 0 radical (unpaired) electrons. The summed E-state index contributed by atoms with van der Waals surface area (Å²) in [5.41, 5.74) is 2.32. The second-order valence-corrected chi connectivity index (χ2v) is 4.58. The molecule has 2 atom stereocenters. The second kappa shape index (κ2) is 9.16. The van der Waals surface area contributed by atoms with Crippen molar-refractivity contribution in [2.75, 3.05) is 20.3 Å². The average Bonchev–Trinajstić information content (AvgIpc) is 2.56.